The summed E-state index contributed by atoms with van der Waals surface area (Å²) in [6.45, 7) is 3.04. The summed E-state index contributed by atoms with van der Waals surface area (Å²) in [5, 5.41) is 10.4. The van der Waals surface area contributed by atoms with Crippen LogP contribution in [0, 0.1) is 0 Å². The van der Waals surface area contributed by atoms with Crippen LogP contribution in [-0.4, -0.2) is 33.3 Å². The van der Waals surface area contributed by atoms with Crippen LogP contribution in [0.1, 0.15) is 34.6 Å². The van der Waals surface area contributed by atoms with Crippen molar-refractivity contribution in [1.29, 1.82) is 0 Å². The van der Waals surface area contributed by atoms with Crippen molar-refractivity contribution in [2.45, 2.75) is 24.2 Å². The number of ketones is 2. The molecule has 0 aliphatic heterocycles. The average molecular weight is 250 g/mol. The summed E-state index contributed by atoms with van der Waals surface area (Å²) < 4.78 is -1.13. The molecule has 2 rings (SSSR count). The number of fused-ring (bicyclic) bond motifs is 1. The van der Waals surface area contributed by atoms with E-state index in [1.807, 2.05) is 0 Å². The predicted octanol–water partition coefficient (Wildman–Crippen LogP) is 1.94. The summed E-state index contributed by atoms with van der Waals surface area (Å²) in [5.41, 5.74) is -0.951. The molecule has 0 unspecified atom stereocenters. The number of carbonyl (C=O) groups excluding carboxylic acids is 2. The molecule has 0 heterocycles. The van der Waals surface area contributed by atoms with Gasteiger partial charge in [0.15, 0.2) is 11.6 Å². The molecular weight excluding hydrogens is 236 g/mol. The Morgan fingerprint density at radius 3 is 2.00 bits per heavy atom. The second-order valence-electron chi connectivity index (χ2n) is 4.51. The molecular formula is C13H14O3S. The van der Waals surface area contributed by atoms with Crippen LogP contribution in [0.3, 0.4) is 0 Å². The van der Waals surface area contributed by atoms with Gasteiger partial charge in [-0.1, -0.05) is 24.3 Å². The van der Waals surface area contributed by atoms with Crippen LogP contribution in [0.2, 0.25) is 0 Å². The maximum absolute atomic E-state index is 12.4. The Morgan fingerprint density at radius 2 is 1.53 bits per heavy atom. The highest BCUT2D eigenvalue weighted by atomic mass is 32.2. The van der Waals surface area contributed by atoms with Crippen LogP contribution >= 0.6 is 11.8 Å². The van der Waals surface area contributed by atoms with Gasteiger partial charge in [0.25, 0.3) is 0 Å². The van der Waals surface area contributed by atoms with Crippen LogP contribution in [-0.2, 0) is 0 Å². The smallest absolute Gasteiger partial charge is 0.196 e. The maximum Gasteiger partial charge on any atom is 0.196 e. The van der Waals surface area contributed by atoms with Crippen molar-refractivity contribution in [3.63, 3.8) is 0 Å². The van der Waals surface area contributed by atoms with Crippen LogP contribution in [0.25, 0.3) is 0 Å². The van der Waals surface area contributed by atoms with Crippen molar-refractivity contribution in [3.8, 4) is 0 Å². The molecule has 90 valence electrons. The van der Waals surface area contributed by atoms with Gasteiger partial charge in [0.1, 0.15) is 10.3 Å². The Kier molecular flexibility index (Phi) is 2.67. The molecule has 2 atom stereocenters. The standard InChI is InChI=1S/C13H14O3S/c1-12(16)10(14)8-6-4-5-7-9(8)11(15)13(12,2)17-3/h4-7,16H,1-3H3/t12-,13+/m1/s1. The van der Waals surface area contributed by atoms with Crippen molar-refractivity contribution >= 4 is 23.3 Å². The van der Waals surface area contributed by atoms with E-state index < -0.39 is 10.3 Å². The van der Waals surface area contributed by atoms with E-state index in [0.29, 0.717) is 11.1 Å². The van der Waals surface area contributed by atoms with Crippen molar-refractivity contribution in [3.05, 3.63) is 35.4 Å². The van der Waals surface area contributed by atoms with Gasteiger partial charge < -0.3 is 5.11 Å². The fraction of sp³-hybridized carbons (Fsp3) is 0.385. The van der Waals surface area contributed by atoms with Gasteiger partial charge in [0.05, 0.1) is 0 Å². The van der Waals surface area contributed by atoms with Crippen LogP contribution < -0.4 is 0 Å². The molecule has 0 fully saturated rings. The summed E-state index contributed by atoms with van der Waals surface area (Å²) in [4.78, 5) is 24.6. The first-order chi connectivity index (χ1) is 7.86. The van der Waals surface area contributed by atoms with E-state index in [1.54, 1.807) is 37.4 Å². The largest absolute Gasteiger partial charge is 0.380 e. The van der Waals surface area contributed by atoms with Gasteiger partial charge >= 0.3 is 0 Å². The third-order valence-corrected chi connectivity index (χ3v) is 5.03. The predicted molar refractivity (Wildman–Crippen MR) is 67.6 cm³/mol. The molecule has 17 heavy (non-hydrogen) atoms. The van der Waals surface area contributed by atoms with Gasteiger partial charge in [-0.05, 0) is 20.1 Å². The lowest BCUT2D eigenvalue weighted by atomic mass is 9.72. The Bertz CT molecular complexity index is 507. The van der Waals surface area contributed by atoms with E-state index in [-0.39, 0.29) is 11.6 Å². The van der Waals surface area contributed by atoms with Crippen molar-refractivity contribution < 1.29 is 14.7 Å². The minimum absolute atomic E-state index is 0.190. The quantitative estimate of drug-likeness (QED) is 0.827. The fourth-order valence-electron chi connectivity index (χ4n) is 2.13. The molecule has 1 N–H and O–H groups in total. The zero-order chi connectivity index (χ0) is 12.8. The molecule has 1 aromatic rings. The maximum atomic E-state index is 12.4. The zero-order valence-electron chi connectivity index (χ0n) is 9.98. The molecule has 0 bridgehead atoms. The van der Waals surface area contributed by atoms with E-state index in [1.165, 1.54) is 18.7 Å². The highest BCUT2D eigenvalue weighted by Crippen LogP contribution is 2.43. The first kappa shape index (κ1) is 12.3. The summed E-state index contributed by atoms with van der Waals surface area (Å²) >= 11 is 1.21. The topological polar surface area (TPSA) is 54.4 Å². The Hall–Kier alpha value is -1.13. The van der Waals surface area contributed by atoms with Crippen molar-refractivity contribution in [2.75, 3.05) is 6.26 Å². The fourth-order valence-corrected chi connectivity index (χ4v) is 2.91. The van der Waals surface area contributed by atoms with Gasteiger partial charge in [-0.3, -0.25) is 9.59 Å². The van der Waals surface area contributed by atoms with Gasteiger partial charge in [0, 0.05) is 11.1 Å². The van der Waals surface area contributed by atoms with Gasteiger partial charge in [0.2, 0.25) is 0 Å². The van der Waals surface area contributed by atoms with Gasteiger partial charge in [-0.2, -0.15) is 0 Å². The van der Waals surface area contributed by atoms with Crippen LogP contribution in [0.4, 0.5) is 0 Å². The monoisotopic (exact) mass is 250 g/mol. The number of Topliss-reactive ketones (excluding diaryl/α,β-unsaturated/α-hetero) is 2. The lowest BCUT2D eigenvalue weighted by molar-refractivity contribution is 0.0202. The normalized spacial score (nSPS) is 32.5. The molecule has 1 aliphatic rings. The first-order valence-electron chi connectivity index (χ1n) is 5.32. The number of benzene rings is 1. The summed E-state index contributed by atoms with van der Waals surface area (Å²) in [6, 6.07) is 6.65. The second-order valence-corrected chi connectivity index (χ2v) is 5.74. The minimum atomic E-state index is -1.67. The van der Waals surface area contributed by atoms with Crippen molar-refractivity contribution in [1.82, 2.24) is 0 Å². The highest BCUT2D eigenvalue weighted by Gasteiger charge is 2.57. The highest BCUT2D eigenvalue weighted by molar-refractivity contribution is 8.00. The van der Waals surface area contributed by atoms with Crippen LogP contribution in [0.5, 0.6) is 0 Å². The number of carbonyl (C=O) groups is 2. The van der Waals surface area contributed by atoms with Gasteiger partial charge in [-0.15, -0.1) is 11.8 Å². The van der Waals surface area contributed by atoms with E-state index in [2.05, 4.69) is 0 Å². The number of rotatable bonds is 1. The lowest BCUT2D eigenvalue weighted by Crippen LogP contribution is -2.61. The molecule has 4 heteroatoms. The number of aliphatic hydroxyl groups is 1. The number of thioether (sulfide) groups is 1. The number of hydrogen-bond donors (Lipinski definition) is 1. The second kappa shape index (κ2) is 3.68. The van der Waals surface area contributed by atoms with Crippen molar-refractivity contribution in [2.24, 2.45) is 0 Å². The van der Waals surface area contributed by atoms with Gasteiger partial charge in [-0.25, -0.2) is 0 Å². The first-order valence-corrected chi connectivity index (χ1v) is 6.55. The Labute approximate surface area is 104 Å². The molecule has 1 aliphatic carbocycles. The Balaban J connectivity index is 2.75. The van der Waals surface area contributed by atoms with Crippen LogP contribution in [0.15, 0.2) is 24.3 Å². The van der Waals surface area contributed by atoms with E-state index in [4.69, 9.17) is 0 Å². The molecule has 0 saturated heterocycles. The summed E-state index contributed by atoms with van der Waals surface area (Å²) in [6.07, 6.45) is 1.73. The molecule has 3 nitrogen and oxygen atoms in total. The lowest BCUT2D eigenvalue weighted by Gasteiger charge is -2.42. The molecule has 1 aromatic carbocycles. The van der Waals surface area contributed by atoms with E-state index in [0.717, 1.165) is 0 Å². The molecule has 0 spiro atoms. The third kappa shape index (κ3) is 1.40. The molecule has 0 aromatic heterocycles. The summed E-state index contributed by atoms with van der Waals surface area (Å²) in [5.74, 6) is -0.574. The average Bonchev–Trinajstić information content (AvgIpc) is 2.34. The van der Waals surface area contributed by atoms with E-state index in [9.17, 15) is 14.7 Å². The van der Waals surface area contributed by atoms with E-state index >= 15 is 0 Å². The zero-order valence-corrected chi connectivity index (χ0v) is 10.8. The summed E-state index contributed by atoms with van der Waals surface area (Å²) in [7, 11) is 0. The molecule has 0 radical (unpaired) electrons. The molecule has 0 amide bonds. The molecule has 0 saturated carbocycles. The Morgan fingerprint density at radius 1 is 1.06 bits per heavy atom. The SMILES string of the molecule is CS[C@@]1(C)C(=O)c2ccccc2C(=O)[C@@]1(C)O. The third-order valence-electron chi connectivity index (χ3n) is 3.63. The minimum Gasteiger partial charge on any atom is -0.380 e. The number of hydrogen-bond acceptors (Lipinski definition) is 4.